The van der Waals surface area contributed by atoms with Crippen LogP contribution in [0.2, 0.25) is 0 Å². The topological polar surface area (TPSA) is 85.9 Å². The van der Waals surface area contributed by atoms with Gasteiger partial charge in [-0.3, -0.25) is 14.8 Å². The van der Waals surface area contributed by atoms with E-state index in [1.165, 1.54) is 0 Å². The summed E-state index contributed by atoms with van der Waals surface area (Å²) in [5, 5.41) is 9.51. The van der Waals surface area contributed by atoms with Crippen molar-refractivity contribution in [2.24, 2.45) is 5.92 Å². The highest BCUT2D eigenvalue weighted by Crippen LogP contribution is 2.18. The molecule has 0 aliphatic heterocycles. The second kappa shape index (κ2) is 5.53. The minimum Gasteiger partial charge on any atom is -0.494 e. The molecule has 1 heterocycles. The van der Waals surface area contributed by atoms with Crippen LogP contribution in [-0.4, -0.2) is 15.1 Å². The van der Waals surface area contributed by atoms with Crippen molar-refractivity contribution in [1.29, 1.82) is 0 Å². The fourth-order valence-electron chi connectivity index (χ4n) is 1.84. The molecular weight excluding hydrogens is 208 g/mol. The first-order chi connectivity index (χ1) is 7.58. The van der Waals surface area contributed by atoms with Crippen molar-refractivity contribution < 1.29 is 5.11 Å². The van der Waals surface area contributed by atoms with Crippen LogP contribution >= 0.6 is 0 Å². The van der Waals surface area contributed by atoms with Gasteiger partial charge in [0.05, 0.1) is 5.56 Å². The van der Waals surface area contributed by atoms with Crippen LogP contribution in [0.15, 0.2) is 9.59 Å². The summed E-state index contributed by atoms with van der Waals surface area (Å²) in [5.41, 5.74) is -0.884. The highest BCUT2D eigenvalue weighted by Gasteiger charge is 2.14. The van der Waals surface area contributed by atoms with Crippen LogP contribution in [0.1, 0.15) is 38.7 Å². The van der Waals surface area contributed by atoms with Gasteiger partial charge in [-0.1, -0.05) is 33.1 Å². The molecule has 0 saturated carbocycles. The van der Waals surface area contributed by atoms with Gasteiger partial charge in [-0.15, -0.1) is 0 Å². The molecule has 0 aromatic carbocycles. The summed E-state index contributed by atoms with van der Waals surface area (Å²) < 4.78 is 0. The van der Waals surface area contributed by atoms with Crippen molar-refractivity contribution in [3.63, 3.8) is 0 Å². The van der Waals surface area contributed by atoms with E-state index in [-0.39, 0.29) is 11.4 Å². The van der Waals surface area contributed by atoms with Crippen molar-refractivity contribution in [1.82, 2.24) is 9.97 Å². The quantitative estimate of drug-likeness (QED) is 0.703. The van der Waals surface area contributed by atoms with E-state index in [1.807, 2.05) is 0 Å². The average Bonchev–Trinajstić information content (AvgIpc) is 2.21. The molecule has 0 radical (unpaired) electrons. The molecule has 0 fully saturated rings. The molecule has 90 valence electrons. The number of hydrogen-bond acceptors (Lipinski definition) is 3. The monoisotopic (exact) mass is 226 g/mol. The number of aromatic nitrogens is 2. The maximum atomic E-state index is 11.5. The third-order valence-corrected chi connectivity index (χ3v) is 2.79. The Bertz CT molecular complexity index is 447. The van der Waals surface area contributed by atoms with E-state index in [4.69, 9.17) is 0 Å². The smallest absolute Gasteiger partial charge is 0.328 e. The molecule has 0 amide bonds. The minimum atomic E-state index is -0.671. The fourth-order valence-corrected chi connectivity index (χ4v) is 1.84. The van der Waals surface area contributed by atoms with Crippen LogP contribution in [0.25, 0.3) is 0 Å². The van der Waals surface area contributed by atoms with Gasteiger partial charge in [-0.2, -0.15) is 0 Å². The van der Waals surface area contributed by atoms with E-state index >= 15 is 0 Å². The standard InChI is InChI=1S/C11H18N2O3/c1-3-5-7(4-2)6-8-9(14)12-11(16)13-10(8)15/h7H,3-6H2,1-2H3,(H3,12,13,14,15,16). The Hall–Kier alpha value is -1.52. The molecule has 1 atom stereocenters. The Morgan fingerprint density at radius 1 is 1.25 bits per heavy atom. The molecule has 0 aliphatic rings. The molecular formula is C11H18N2O3. The van der Waals surface area contributed by atoms with Gasteiger partial charge in [0.2, 0.25) is 5.88 Å². The third-order valence-electron chi connectivity index (χ3n) is 2.79. The van der Waals surface area contributed by atoms with Crippen molar-refractivity contribution in [3.05, 3.63) is 26.4 Å². The van der Waals surface area contributed by atoms with E-state index in [0.29, 0.717) is 12.3 Å². The lowest BCUT2D eigenvalue weighted by molar-refractivity contribution is 0.414. The Morgan fingerprint density at radius 2 is 1.94 bits per heavy atom. The predicted octanol–water partition coefficient (Wildman–Crippen LogP) is 1.14. The largest absolute Gasteiger partial charge is 0.494 e. The lowest BCUT2D eigenvalue weighted by Gasteiger charge is -2.13. The Labute approximate surface area is 93.5 Å². The maximum absolute atomic E-state index is 11.5. The highest BCUT2D eigenvalue weighted by atomic mass is 16.3. The molecule has 1 aromatic heterocycles. The van der Waals surface area contributed by atoms with Crippen molar-refractivity contribution in [2.75, 3.05) is 0 Å². The molecule has 5 heteroatoms. The zero-order valence-corrected chi connectivity index (χ0v) is 9.67. The normalized spacial score (nSPS) is 12.6. The van der Waals surface area contributed by atoms with E-state index in [9.17, 15) is 14.7 Å². The van der Waals surface area contributed by atoms with Gasteiger partial charge in [0, 0.05) is 0 Å². The van der Waals surface area contributed by atoms with E-state index in [0.717, 1.165) is 19.3 Å². The second-order valence-electron chi connectivity index (χ2n) is 4.00. The van der Waals surface area contributed by atoms with Crippen LogP contribution in [-0.2, 0) is 6.42 Å². The molecule has 1 rings (SSSR count). The lowest BCUT2D eigenvalue weighted by Crippen LogP contribution is -2.26. The second-order valence-corrected chi connectivity index (χ2v) is 4.00. The van der Waals surface area contributed by atoms with Gasteiger partial charge in [0.15, 0.2) is 0 Å². The number of aromatic hydroxyl groups is 1. The van der Waals surface area contributed by atoms with Gasteiger partial charge in [0.1, 0.15) is 0 Å². The number of rotatable bonds is 5. The predicted molar refractivity (Wildman–Crippen MR) is 61.7 cm³/mol. The molecule has 5 nitrogen and oxygen atoms in total. The summed E-state index contributed by atoms with van der Waals surface area (Å²) in [6.07, 6.45) is 3.50. The zero-order chi connectivity index (χ0) is 12.1. The van der Waals surface area contributed by atoms with Gasteiger partial charge < -0.3 is 5.11 Å². The maximum Gasteiger partial charge on any atom is 0.328 e. The number of H-pyrrole nitrogens is 2. The average molecular weight is 226 g/mol. The summed E-state index contributed by atoms with van der Waals surface area (Å²) >= 11 is 0. The Kier molecular flexibility index (Phi) is 4.34. The number of nitrogens with one attached hydrogen (secondary N) is 2. The van der Waals surface area contributed by atoms with E-state index < -0.39 is 11.2 Å². The zero-order valence-electron chi connectivity index (χ0n) is 9.67. The Morgan fingerprint density at radius 3 is 2.44 bits per heavy atom. The SMILES string of the molecule is CCCC(CC)Cc1c(O)[nH]c(=O)[nH]c1=O. The molecule has 3 N–H and O–H groups in total. The fraction of sp³-hybridized carbons (Fsp3) is 0.636. The molecule has 0 saturated heterocycles. The van der Waals surface area contributed by atoms with Crippen LogP contribution < -0.4 is 11.2 Å². The van der Waals surface area contributed by atoms with Crippen LogP contribution in [0.4, 0.5) is 0 Å². The number of aromatic amines is 2. The van der Waals surface area contributed by atoms with Gasteiger partial charge in [-0.05, 0) is 12.3 Å². The van der Waals surface area contributed by atoms with E-state index in [2.05, 4.69) is 23.8 Å². The Balaban J connectivity index is 2.96. The van der Waals surface area contributed by atoms with Crippen LogP contribution in [0, 0.1) is 5.92 Å². The summed E-state index contributed by atoms with van der Waals surface area (Å²) in [7, 11) is 0. The summed E-state index contributed by atoms with van der Waals surface area (Å²) in [4.78, 5) is 26.7. The first-order valence-corrected chi connectivity index (χ1v) is 5.62. The van der Waals surface area contributed by atoms with Gasteiger partial charge in [-0.25, -0.2) is 4.79 Å². The van der Waals surface area contributed by atoms with Crippen LogP contribution in [0.5, 0.6) is 5.88 Å². The molecule has 0 spiro atoms. The first kappa shape index (κ1) is 12.5. The molecule has 1 aromatic rings. The van der Waals surface area contributed by atoms with Crippen molar-refractivity contribution in [2.45, 2.75) is 39.5 Å². The summed E-state index contributed by atoms with van der Waals surface area (Å²) in [5.74, 6) is 0.0613. The van der Waals surface area contributed by atoms with E-state index in [1.54, 1.807) is 0 Å². The van der Waals surface area contributed by atoms with Gasteiger partial charge in [0.25, 0.3) is 5.56 Å². The highest BCUT2D eigenvalue weighted by molar-refractivity contribution is 5.21. The van der Waals surface area contributed by atoms with Crippen LogP contribution in [0.3, 0.4) is 0 Å². The summed E-state index contributed by atoms with van der Waals surface area (Å²) in [6, 6.07) is 0. The molecule has 16 heavy (non-hydrogen) atoms. The molecule has 0 aliphatic carbocycles. The lowest BCUT2D eigenvalue weighted by atomic mass is 9.94. The first-order valence-electron chi connectivity index (χ1n) is 5.62. The minimum absolute atomic E-state index is 0.278. The summed E-state index contributed by atoms with van der Waals surface area (Å²) in [6.45, 7) is 4.14. The number of hydrogen-bond donors (Lipinski definition) is 3. The van der Waals surface area contributed by atoms with Crippen molar-refractivity contribution in [3.8, 4) is 5.88 Å². The van der Waals surface area contributed by atoms with Gasteiger partial charge >= 0.3 is 5.69 Å². The molecule has 1 unspecified atom stereocenters. The molecule has 0 bridgehead atoms. The van der Waals surface area contributed by atoms with Crippen molar-refractivity contribution >= 4 is 0 Å². The third kappa shape index (κ3) is 2.98.